The Kier molecular flexibility index (Phi) is 6.06. The SMILES string of the molecule is CC(C)c1ccc(Cn2nccc2NC(=O)CN2CCNC[C@H]2C)cc1. The van der Waals surface area contributed by atoms with E-state index in [4.69, 9.17) is 0 Å². The van der Waals surface area contributed by atoms with Crippen molar-refractivity contribution in [1.29, 1.82) is 0 Å². The molecule has 1 amide bonds. The van der Waals surface area contributed by atoms with Crippen molar-refractivity contribution in [1.82, 2.24) is 20.0 Å². The summed E-state index contributed by atoms with van der Waals surface area (Å²) in [7, 11) is 0. The molecule has 140 valence electrons. The molecule has 3 rings (SSSR count). The van der Waals surface area contributed by atoms with Gasteiger partial charge in [-0.15, -0.1) is 0 Å². The lowest BCUT2D eigenvalue weighted by Gasteiger charge is -2.33. The van der Waals surface area contributed by atoms with E-state index in [2.05, 4.69) is 65.7 Å². The summed E-state index contributed by atoms with van der Waals surface area (Å²) in [4.78, 5) is 14.6. The monoisotopic (exact) mass is 355 g/mol. The molecule has 2 heterocycles. The number of nitrogens with one attached hydrogen (secondary N) is 2. The molecular formula is C20H29N5O. The van der Waals surface area contributed by atoms with Crippen LogP contribution in [0.1, 0.15) is 37.8 Å². The Hall–Kier alpha value is -2.18. The van der Waals surface area contributed by atoms with Crippen molar-refractivity contribution in [3.05, 3.63) is 47.7 Å². The number of hydrogen-bond donors (Lipinski definition) is 2. The van der Waals surface area contributed by atoms with E-state index in [1.807, 2.05) is 10.7 Å². The lowest BCUT2D eigenvalue weighted by atomic mass is 10.0. The van der Waals surface area contributed by atoms with Crippen molar-refractivity contribution in [3.63, 3.8) is 0 Å². The summed E-state index contributed by atoms with van der Waals surface area (Å²) in [6.45, 7) is 10.3. The second-order valence-corrected chi connectivity index (χ2v) is 7.34. The van der Waals surface area contributed by atoms with Crippen LogP contribution >= 0.6 is 0 Å². The molecule has 1 aliphatic rings. The van der Waals surface area contributed by atoms with Crippen LogP contribution in [0.15, 0.2) is 36.5 Å². The van der Waals surface area contributed by atoms with E-state index in [1.54, 1.807) is 6.20 Å². The molecular weight excluding hydrogens is 326 g/mol. The Morgan fingerprint density at radius 1 is 1.31 bits per heavy atom. The predicted molar refractivity (Wildman–Crippen MR) is 104 cm³/mol. The van der Waals surface area contributed by atoms with Gasteiger partial charge in [0.25, 0.3) is 0 Å². The summed E-state index contributed by atoms with van der Waals surface area (Å²) in [5, 5.41) is 10.7. The standard InChI is InChI=1S/C20H29N5O/c1-15(2)18-6-4-17(5-7-18)13-25-19(8-9-22-25)23-20(26)14-24-11-10-21-12-16(24)3/h4-9,15-16,21H,10-14H2,1-3H3,(H,23,26)/t16-/m1/s1. The normalized spacial score (nSPS) is 18.2. The third-order valence-corrected chi connectivity index (χ3v) is 4.95. The van der Waals surface area contributed by atoms with Gasteiger partial charge in [-0.05, 0) is 24.0 Å². The van der Waals surface area contributed by atoms with Gasteiger partial charge in [-0.2, -0.15) is 5.10 Å². The molecule has 0 spiro atoms. The molecule has 0 radical (unpaired) electrons. The number of aromatic nitrogens is 2. The van der Waals surface area contributed by atoms with E-state index in [0.29, 0.717) is 25.0 Å². The van der Waals surface area contributed by atoms with Gasteiger partial charge in [0, 0.05) is 31.7 Å². The smallest absolute Gasteiger partial charge is 0.239 e. The van der Waals surface area contributed by atoms with Gasteiger partial charge < -0.3 is 10.6 Å². The van der Waals surface area contributed by atoms with Crippen LogP contribution in [-0.4, -0.2) is 52.8 Å². The number of piperazine rings is 1. The Bertz CT molecular complexity index is 722. The van der Waals surface area contributed by atoms with Gasteiger partial charge in [-0.1, -0.05) is 38.1 Å². The van der Waals surface area contributed by atoms with Crippen molar-refractivity contribution in [2.45, 2.75) is 39.3 Å². The maximum Gasteiger partial charge on any atom is 0.239 e. The van der Waals surface area contributed by atoms with Crippen LogP contribution in [0.5, 0.6) is 0 Å². The molecule has 6 nitrogen and oxygen atoms in total. The van der Waals surface area contributed by atoms with Crippen molar-refractivity contribution in [3.8, 4) is 0 Å². The van der Waals surface area contributed by atoms with Gasteiger partial charge in [0.05, 0.1) is 19.3 Å². The third kappa shape index (κ3) is 4.71. The molecule has 1 aromatic heterocycles. The summed E-state index contributed by atoms with van der Waals surface area (Å²) in [6.07, 6.45) is 1.73. The molecule has 0 unspecified atom stereocenters. The van der Waals surface area contributed by atoms with Crippen LogP contribution in [0.4, 0.5) is 5.82 Å². The second-order valence-electron chi connectivity index (χ2n) is 7.34. The maximum atomic E-state index is 12.4. The summed E-state index contributed by atoms with van der Waals surface area (Å²) >= 11 is 0. The Morgan fingerprint density at radius 2 is 2.08 bits per heavy atom. The van der Waals surface area contributed by atoms with Gasteiger partial charge in [0.1, 0.15) is 5.82 Å². The number of hydrogen-bond acceptors (Lipinski definition) is 4. The molecule has 2 N–H and O–H groups in total. The minimum atomic E-state index is 0.00987. The van der Waals surface area contributed by atoms with Crippen molar-refractivity contribution < 1.29 is 4.79 Å². The molecule has 0 saturated carbocycles. The first kappa shape index (κ1) is 18.6. The number of anilines is 1. The lowest BCUT2D eigenvalue weighted by Crippen LogP contribution is -2.52. The first-order valence-corrected chi connectivity index (χ1v) is 9.38. The quantitative estimate of drug-likeness (QED) is 0.835. The van der Waals surface area contributed by atoms with Crippen molar-refractivity contribution in [2.24, 2.45) is 0 Å². The highest BCUT2D eigenvalue weighted by Crippen LogP contribution is 2.16. The van der Waals surface area contributed by atoms with Crippen molar-refractivity contribution in [2.75, 3.05) is 31.5 Å². The minimum Gasteiger partial charge on any atom is -0.314 e. The number of carbonyl (C=O) groups excluding carboxylic acids is 1. The van der Waals surface area contributed by atoms with Crippen LogP contribution in [-0.2, 0) is 11.3 Å². The fraction of sp³-hybridized carbons (Fsp3) is 0.500. The number of benzene rings is 1. The Balaban J connectivity index is 1.60. The third-order valence-electron chi connectivity index (χ3n) is 4.95. The molecule has 2 aromatic rings. The fourth-order valence-electron chi connectivity index (χ4n) is 3.23. The number of carbonyl (C=O) groups is 1. The van der Waals surface area contributed by atoms with Crippen molar-refractivity contribution >= 4 is 11.7 Å². The Morgan fingerprint density at radius 3 is 2.77 bits per heavy atom. The molecule has 0 aliphatic carbocycles. The molecule has 26 heavy (non-hydrogen) atoms. The summed E-state index contributed by atoms with van der Waals surface area (Å²) < 4.78 is 1.84. The molecule has 0 bridgehead atoms. The topological polar surface area (TPSA) is 62.2 Å². The minimum absolute atomic E-state index is 0.00987. The van der Waals surface area contributed by atoms with Gasteiger partial charge in [-0.25, -0.2) is 4.68 Å². The number of rotatable bonds is 6. The molecule has 1 saturated heterocycles. The lowest BCUT2D eigenvalue weighted by molar-refractivity contribution is -0.118. The summed E-state index contributed by atoms with van der Waals surface area (Å²) in [5.41, 5.74) is 2.50. The van der Waals surface area contributed by atoms with E-state index in [-0.39, 0.29) is 5.91 Å². The van der Waals surface area contributed by atoms with Crippen LogP contribution in [0.25, 0.3) is 0 Å². The van der Waals surface area contributed by atoms with Crippen LogP contribution < -0.4 is 10.6 Å². The van der Waals surface area contributed by atoms with Crippen LogP contribution in [0, 0.1) is 0 Å². The van der Waals surface area contributed by atoms with E-state index in [9.17, 15) is 4.79 Å². The van der Waals surface area contributed by atoms with Gasteiger partial charge in [0.2, 0.25) is 5.91 Å². The average Bonchev–Trinajstić information content (AvgIpc) is 3.04. The molecule has 1 fully saturated rings. The van der Waals surface area contributed by atoms with Gasteiger partial charge >= 0.3 is 0 Å². The maximum absolute atomic E-state index is 12.4. The van der Waals surface area contributed by atoms with Crippen LogP contribution in [0.2, 0.25) is 0 Å². The zero-order chi connectivity index (χ0) is 18.5. The second kappa shape index (κ2) is 8.47. The first-order valence-electron chi connectivity index (χ1n) is 9.38. The van der Waals surface area contributed by atoms with Crippen LogP contribution in [0.3, 0.4) is 0 Å². The predicted octanol–water partition coefficient (Wildman–Crippen LogP) is 2.29. The first-order chi connectivity index (χ1) is 12.5. The van der Waals surface area contributed by atoms with E-state index < -0.39 is 0 Å². The Labute approximate surface area is 155 Å². The highest BCUT2D eigenvalue weighted by Gasteiger charge is 2.20. The zero-order valence-corrected chi connectivity index (χ0v) is 15.9. The highest BCUT2D eigenvalue weighted by molar-refractivity contribution is 5.91. The number of nitrogens with zero attached hydrogens (tertiary/aromatic N) is 3. The molecule has 1 aliphatic heterocycles. The van der Waals surface area contributed by atoms with E-state index in [1.165, 1.54) is 11.1 Å². The number of amides is 1. The summed E-state index contributed by atoms with van der Waals surface area (Å²) in [6, 6.07) is 10.8. The molecule has 1 aromatic carbocycles. The van der Waals surface area contributed by atoms with Gasteiger partial charge in [0.15, 0.2) is 0 Å². The molecule has 6 heteroatoms. The van der Waals surface area contributed by atoms with E-state index >= 15 is 0 Å². The van der Waals surface area contributed by atoms with Gasteiger partial charge in [-0.3, -0.25) is 9.69 Å². The summed E-state index contributed by atoms with van der Waals surface area (Å²) in [5.74, 6) is 1.28. The average molecular weight is 355 g/mol. The zero-order valence-electron chi connectivity index (χ0n) is 15.9. The van der Waals surface area contributed by atoms with E-state index in [0.717, 1.165) is 25.5 Å². The highest BCUT2D eigenvalue weighted by atomic mass is 16.2. The molecule has 1 atom stereocenters. The fourth-order valence-corrected chi connectivity index (χ4v) is 3.23. The largest absolute Gasteiger partial charge is 0.314 e.